The summed E-state index contributed by atoms with van der Waals surface area (Å²) in [6.45, 7) is 3.96. The normalized spacial score (nSPS) is 13.0. The summed E-state index contributed by atoms with van der Waals surface area (Å²) in [7, 11) is 0. The van der Waals surface area contributed by atoms with E-state index in [1.807, 2.05) is 0 Å². The number of hydrogen-bond donors (Lipinski definition) is 3. The number of nitrogens with two attached hydrogens (primary N) is 1. The first kappa shape index (κ1) is 25.1. The molecule has 12 nitrogen and oxygen atoms in total. The van der Waals surface area contributed by atoms with Crippen LogP contribution in [-0.2, 0) is 0 Å². The first-order valence-corrected chi connectivity index (χ1v) is 11.2. The van der Waals surface area contributed by atoms with Crippen molar-refractivity contribution in [2.45, 2.75) is 25.7 Å². The predicted molar refractivity (Wildman–Crippen MR) is 126 cm³/mol. The van der Waals surface area contributed by atoms with Gasteiger partial charge in [-0.3, -0.25) is 34.7 Å². The topological polar surface area (TPSA) is 174 Å². The summed E-state index contributed by atoms with van der Waals surface area (Å²) >= 11 is 0. The standard InChI is InChI=1S/C22H28N6O6/c23-5-3-8-24-6-1-2-7-25-9-4-10-26-21(29)18-13-16(27(31)32)11-15-12-17(28(33)34)14-19(20(15)18)22(26)30/h11-14,24-25H,1-10,23H2. The molecule has 0 aliphatic carbocycles. The number of carbonyl (C=O) groups excluding carboxylic acids is 2. The van der Waals surface area contributed by atoms with E-state index in [1.54, 1.807) is 0 Å². The van der Waals surface area contributed by atoms with Gasteiger partial charge >= 0.3 is 0 Å². The van der Waals surface area contributed by atoms with Gasteiger partial charge in [0.2, 0.25) is 0 Å². The van der Waals surface area contributed by atoms with Gasteiger partial charge in [0.15, 0.2) is 0 Å². The summed E-state index contributed by atoms with van der Waals surface area (Å²) < 4.78 is 0. The molecule has 1 aliphatic heterocycles. The highest BCUT2D eigenvalue weighted by Gasteiger charge is 2.35. The van der Waals surface area contributed by atoms with Crippen LogP contribution >= 0.6 is 0 Å². The van der Waals surface area contributed by atoms with Crippen molar-refractivity contribution >= 4 is 34.0 Å². The lowest BCUT2D eigenvalue weighted by atomic mass is 9.92. The lowest BCUT2D eigenvalue weighted by Crippen LogP contribution is -2.41. The molecule has 0 atom stereocenters. The number of hydrogen-bond acceptors (Lipinski definition) is 9. The van der Waals surface area contributed by atoms with Crippen molar-refractivity contribution in [3.05, 3.63) is 55.6 Å². The summed E-state index contributed by atoms with van der Waals surface area (Å²) in [5, 5.41) is 29.6. The van der Waals surface area contributed by atoms with Crippen LogP contribution in [0, 0.1) is 20.2 Å². The van der Waals surface area contributed by atoms with Gasteiger partial charge in [-0.1, -0.05) is 0 Å². The van der Waals surface area contributed by atoms with Gasteiger partial charge in [0.25, 0.3) is 23.2 Å². The number of nitrogens with one attached hydrogen (secondary N) is 2. The molecule has 0 aromatic heterocycles. The van der Waals surface area contributed by atoms with Gasteiger partial charge in [0.1, 0.15) is 0 Å². The zero-order chi connectivity index (χ0) is 24.7. The Morgan fingerprint density at radius 1 is 0.765 bits per heavy atom. The molecule has 1 aliphatic rings. The monoisotopic (exact) mass is 472 g/mol. The Kier molecular flexibility index (Phi) is 8.57. The van der Waals surface area contributed by atoms with Crippen LogP contribution in [0.1, 0.15) is 46.4 Å². The molecule has 3 rings (SSSR count). The van der Waals surface area contributed by atoms with Gasteiger partial charge < -0.3 is 16.4 Å². The molecule has 2 aromatic rings. The quantitative estimate of drug-likeness (QED) is 0.161. The van der Waals surface area contributed by atoms with E-state index in [9.17, 15) is 29.8 Å². The van der Waals surface area contributed by atoms with Crippen molar-refractivity contribution < 1.29 is 19.4 Å². The average molecular weight is 473 g/mol. The molecule has 0 bridgehead atoms. The second-order valence-electron chi connectivity index (χ2n) is 8.06. The number of nitro groups is 2. The lowest BCUT2D eigenvalue weighted by Gasteiger charge is -2.27. The molecular weight excluding hydrogens is 444 g/mol. The van der Waals surface area contributed by atoms with Crippen LogP contribution in [0.15, 0.2) is 24.3 Å². The molecule has 12 heteroatoms. The minimum absolute atomic E-state index is 0.00351. The Morgan fingerprint density at radius 2 is 1.24 bits per heavy atom. The van der Waals surface area contributed by atoms with Crippen LogP contribution in [-0.4, -0.2) is 65.8 Å². The largest absolute Gasteiger partial charge is 0.330 e. The van der Waals surface area contributed by atoms with Crippen LogP contribution in [0.4, 0.5) is 11.4 Å². The smallest absolute Gasteiger partial charge is 0.270 e. The van der Waals surface area contributed by atoms with Crippen LogP contribution in [0.5, 0.6) is 0 Å². The van der Waals surface area contributed by atoms with E-state index in [4.69, 9.17) is 5.73 Å². The Morgan fingerprint density at radius 3 is 1.71 bits per heavy atom. The molecule has 4 N–H and O–H groups in total. The molecule has 0 radical (unpaired) electrons. The third-order valence-corrected chi connectivity index (χ3v) is 5.64. The first-order chi connectivity index (χ1) is 16.3. The molecule has 0 saturated heterocycles. The van der Waals surface area contributed by atoms with Crippen molar-refractivity contribution in [1.29, 1.82) is 0 Å². The number of benzene rings is 2. The van der Waals surface area contributed by atoms with Crippen molar-refractivity contribution in [3.63, 3.8) is 0 Å². The molecule has 182 valence electrons. The van der Waals surface area contributed by atoms with Crippen LogP contribution in [0.3, 0.4) is 0 Å². The molecule has 1 heterocycles. The Labute approximate surface area is 195 Å². The van der Waals surface area contributed by atoms with E-state index in [2.05, 4.69) is 10.6 Å². The van der Waals surface area contributed by atoms with Crippen molar-refractivity contribution in [3.8, 4) is 0 Å². The number of nitro benzene ring substituents is 2. The lowest BCUT2D eigenvalue weighted by molar-refractivity contribution is -0.385. The van der Waals surface area contributed by atoms with Crippen molar-refractivity contribution in [2.24, 2.45) is 5.73 Å². The first-order valence-electron chi connectivity index (χ1n) is 11.2. The summed E-state index contributed by atoms with van der Waals surface area (Å²) in [6, 6.07) is 4.53. The van der Waals surface area contributed by atoms with E-state index >= 15 is 0 Å². The number of nitrogens with zero attached hydrogens (tertiary/aromatic N) is 3. The SMILES string of the molecule is NCCCNCCCCNCCCN1C(=O)c2cc([N+](=O)[O-])cc3cc([N+](=O)[O-])cc(c23)C1=O. The zero-order valence-electron chi connectivity index (χ0n) is 18.7. The van der Waals surface area contributed by atoms with Crippen LogP contribution < -0.4 is 16.4 Å². The van der Waals surface area contributed by atoms with Gasteiger partial charge in [-0.2, -0.15) is 0 Å². The van der Waals surface area contributed by atoms with Crippen LogP contribution in [0.2, 0.25) is 0 Å². The fourth-order valence-corrected chi connectivity index (χ4v) is 3.96. The fourth-order valence-electron chi connectivity index (χ4n) is 3.96. The minimum Gasteiger partial charge on any atom is -0.330 e. The highest BCUT2D eigenvalue weighted by molar-refractivity contribution is 6.26. The third kappa shape index (κ3) is 5.71. The summed E-state index contributed by atoms with van der Waals surface area (Å²) in [5.74, 6) is -1.27. The van der Waals surface area contributed by atoms with Crippen LogP contribution in [0.25, 0.3) is 10.8 Å². The number of unbranched alkanes of at least 4 members (excludes halogenated alkanes) is 1. The number of carbonyl (C=O) groups is 2. The van der Waals surface area contributed by atoms with Gasteiger partial charge in [-0.05, 0) is 63.8 Å². The minimum atomic E-state index is -0.667. The molecule has 0 spiro atoms. The van der Waals surface area contributed by atoms with Gasteiger partial charge in [-0.15, -0.1) is 0 Å². The molecular formula is C22H28N6O6. The second-order valence-corrected chi connectivity index (χ2v) is 8.06. The van der Waals surface area contributed by atoms with E-state index < -0.39 is 21.7 Å². The predicted octanol–water partition coefficient (Wildman–Crippen LogP) is 1.95. The number of non-ortho nitro benzene ring substituents is 2. The van der Waals surface area contributed by atoms with E-state index in [1.165, 1.54) is 0 Å². The van der Waals surface area contributed by atoms with E-state index in [-0.39, 0.29) is 39.8 Å². The Bertz CT molecular complexity index is 1040. The maximum atomic E-state index is 13.0. The summed E-state index contributed by atoms with van der Waals surface area (Å²) in [6.07, 6.45) is 3.42. The van der Waals surface area contributed by atoms with Crippen molar-refractivity contribution in [2.75, 3.05) is 39.3 Å². The maximum absolute atomic E-state index is 13.0. The molecule has 34 heavy (non-hydrogen) atoms. The molecule has 0 saturated carbocycles. The number of imide groups is 1. The summed E-state index contributed by atoms with van der Waals surface area (Å²) in [4.78, 5) is 48.4. The average Bonchev–Trinajstić information content (AvgIpc) is 2.81. The van der Waals surface area contributed by atoms with E-state index in [0.717, 1.165) is 68.1 Å². The van der Waals surface area contributed by atoms with Gasteiger partial charge in [-0.25, -0.2) is 0 Å². The molecule has 2 amide bonds. The molecule has 0 fully saturated rings. The number of amides is 2. The van der Waals surface area contributed by atoms with Crippen molar-refractivity contribution in [1.82, 2.24) is 15.5 Å². The Balaban J connectivity index is 1.64. The molecule has 2 aromatic carbocycles. The third-order valence-electron chi connectivity index (χ3n) is 5.64. The highest BCUT2D eigenvalue weighted by atomic mass is 16.6. The maximum Gasteiger partial charge on any atom is 0.270 e. The second kappa shape index (κ2) is 11.6. The summed E-state index contributed by atoms with van der Waals surface area (Å²) in [5.41, 5.74) is 4.72. The molecule has 0 unspecified atom stereocenters. The zero-order valence-corrected chi connectivity index (χ0v) is 18.7. The highest BCUT2D eigenvalue weighted by Crippen LogP contribution is 2.36. The van der Waals surface area contributed by atoms with Gasteiger partial charge in [0.05, 0.1) is 21.0 Å². The Hall–Kier alpha value is -3.48. The van der Waals surface area contributed by atoms with E-state index in [0.29, 0.717) is 19.5 Å². The number of rotatable bonds is 14. The fraction of sp³-hybridized carbons (Fsp3) is 0.455. The van der Waals surface area contributed by atoms with Gasteiger partial charge in [0, 0.05) is 36.2 Å².